The lowest BCUT2D eigenvalue weighted by molar-refractivity contribution is -0.121. The number of rotatable bonds is 11. The van der Waals surface area contributed by atoms with Crippen LogP contribution in [0.2, 0.25) is 0 Å². The number of ether oxygens (including phenoxy) is 2. The summed E-state index contributed by atoms with van der Waals surface area (Å²) in [6.07, 6.45) is 2.19. The minimum atomic E-state index is -0.640. The summed E-state index contributed by atoms with van der Waals surface area (Å²) < 4.78 is 13.0. The fourth-order valence-electron chi connectivity index (χ4n) is 3.80. The van der Waals surface area contributed by atoms with Crippen LogP contribution in [0.4, 0.5) is 11.6 Å². The van der Waals surface area contributed by atoms with E-state index < -0.39 is 23.8 Å². The fraction of sp³-hybridized carbons (Fsp3) is 0.214. The third-order valence-electron chi connectivity index (χ3n) is 5.63. The number of carbonyl (C=O) groups excluding carboxylic acids is 4. The zero-order valence-electron chi connectivity index (χ0n) is 22.0. The van der Waals surface area contributed by atoms with E-state index in [1.807, 2.05) is 12.1 Å². The summed E-state index contributed by atoms with van der Waals surface area (Å²) >= 11 is 0. The first-order chi connectivity index (χ1) is 19.4. The minimum Gasteiger partial charge on any atom is -0.462 e. The van der Waals surface area contributed by atoms with Crippen LogP contribution >= 0.6 is 0 Å². The highest BCUT2D eigenvalue weighted by Gasteiger charge is 2.24. The molecule has 0 aliphatic heterocycles. The van der Waals surface area contributed by atoms with Gasteiger partial charge in [0, 0.05) is 12.8 Å². The Hall–Kier alpha value is -5.26. The van der Waals surface area contributed by atoms with Gasteiger partial charge in [0.25, 0.3) is 0 Å². The van der Waals surface area contributed by atoms with Gasteiger partial charge in [-0.3, -0.25) is 9.59 Å². The zero-order valence-corrected chi connectivity index (χ0v) is 22.0. The predicted octanol–water partition coefficient (Wildman–Crippen LogP) is 3.77. The fourth-order valence-corrected chi connectivity index (χ4v) is 3.80. The molecule has 2 N–H and O–H groups in total. The summed E-state index contributed by atoms with van der Waals surface area (Å²) in [5, 5.41) is 13.8. The molecule has 0 saturated carbocycles. The van der Waals surface area contributed by atoms with Gasteiger partial charge in [0.05, 0.1) is 37.0 Å². The second kappa shape index (κ2) is 13.0. The number of carbonyl (C=O) groups is 4. The number of nitrogens with one attached hydrogen (secondary N) is 2. The van der Waals surface area contributed by atoms with Crippen LogP contribution in [-0.2, 0) is 19.1 Å². The molecule has 0 aliphatic rings. The van der Waals surface area contributed by atoms with E-state index >= 15 is 0 Å². The Bertz CT molecular complexity index is 1380. The summed E-state index contributed by atoms with van der Waals surface area (Å²) in [4.78, 5) is 50.8. The molecule has 0 spiro atoms. The third kappa shape index (κ3) is 6.41. The number of esters is 2. The maximum Gasteiger partial charge on any atom is 0.343 e. The first-order valence-corrected chi connectivity index (χ1v) is 12.6. The molecule has 2 amide bonds. The van der Waals surface area contributed by atoms with Crippen molar-refractivity contribution in [2.24, 2.45) is 0 Å². The number of hydrogen-bond donors (Lipinski definition) is 2. The van der Waals surface area contributed by atoms with E-state index in [-0.39, 0.29) is 48.8 Å². The molecule has 12 nitrogen and oxygen atoms in total. The maximum atomic E-state index is 12.9. The van der Waals surface area contributed by atoms with Crippen molar-refractivity contribution in [1.82, 2.24) is 19.6 Å². The number of anilines is 2. The Morgan fingerprint density at radius 3 is 1.38 bits per heavy atom. The first kappa shape index (κ1) is 27.8. The van der Waals surface area contributed by atoms with E-state index in [2.05, 4.69) is 20.8 Å². The van der Waals surface area contributed by atoms with E-state index in [1.54, 1.807) is 62.4 Å². The minimum absolute atomic E-state index is 0.0781. The molecular weight excluding hydrogens is 516 g/mol. The first-order valence-electron chi connectivity index (χ1n) is 12.6. The van der Waals surface area contributed by atoms with Crippen LogP contribution in [0.3, 0.4) is 0 Å². The quantitative estimate of drug-likeness (QED) is 0.271. The predicted molar refractivity (Wildman–Crippen MR) is 146 cm³/mol. The Morgan fingerprint density at radius 1 is 0.650 bits per heavy atom. The molecule has 0 aliphatic carbocycles. The summed E-state index contributed by atoms with van der Waals surface area (Å²) in [7, 11) is 0. The molecule has 4 rings (SSSR count). The third-order valence-corrected chi connectivity index (χ3v) is 5.63. The van der Waals surface area contributed by atoms with E-state index in [1.165, 1.54) is 21.8 Å². The van der Waals surface area contributed by atoms with Crippen molar-refractivity contribution in [2.75, 3.05) is 23.8 Å². The van der Waals surface area contributed by atoms with Gasteiger partial charge >= 0.3 is 11.9 Å². The monoisotopic (exact) mass is 544 g/mol. The Labute approximate surface area is 229 Å². The molecule has 2 aromatic carbocycles. The van der Waals surface area contributed by atoms with Crippen LogP contribution in [0.1, 0.15) is 47.4 Å². The van der Waals surface area contributed by atoms with Crippen LogP contribution in [0.15, 0.2) is 73.1 Å². The lowest BCUT2D eigenvalue weighted by Gasteiger charge is -2.12. The smallest absolute Gasteiger partial charge is 0.343 e. The van der Waals surface area contributed by atoms with Crippen LogP contribution in [0.5, 0.6) is 0 Å². The molecule has 0 fully saturated rings. The summed E-state index contributed by atoms with van der Waals surface area (Å²) in [5.74, 6) is -2.08. The van der Waals surface area contributed by atoms with Crippen molar-refractivity contribution in [3.63, 3.8) is 0 Å². The summed E-state index contributed by atoms with van der Waals surface area (Å²) in [6.45, 7) is 3.65. The second-order valence-corrected chi connectivity index (χ2v) is 8.35. The van der Waals surface area contributed by atoms with Gasteiger partial charge in [-0.2, -0.15) is 10.2 Å². The molecular formula is C28H28N6O6. The van der Waals surface area contributed by atoms with Crippen molar-refractivity contribution < 1.29 is 28.7 Å². The molecule has 2 aromatic heterocycles. The van der Waals surface area contributed by atoms with Gasteiger partial charge in [-0.15, -0.1) is 0 Å². The van der Waals surface area contributed by atoms with Crippen molar-refractivity contribution in [1.29, 1.82) is 0 Å². The van der Waals surface area contributed by atoms with Gasteiger partial charge in [0.1, 0.15) is 11.1 Å². The number of amides is 2. The van der Waals surface area contributed by atoms with Crippen LogP contribution in [0, 0.1) is 0 Å². The van der Waals surface area contributed by atoms with Gasteiger partial charge in [0.2, 0.25) is 11.8 Å². The second-order valence-electron chi connectivity index (χ2n) is 8.35. The van der Waals surface area contributed by atoms with Gasteiger partial charge in [0.15, 0.2) is 11.6 Å². The van der Waals surface area contributed by atoms with Crippen LogP contribution in [0.25, 0.3) is 11.4 Å². The molecule has 0 bridgehead atoms. The Kier molecular flexibility index (Phi) is 9.03. The number of para-hydroxylation sites is 2. The Balaban J connectivity index is 1.49. The number of nitrogens with zero attached hydrogens (tertiary/aromatic N) is 4. The van der Waals surface area contributed by atoms with Gasteiger partial charge in [-0.25, -0.2) is 19.0 Å². The largest absolute Gasteiger partial charge is 0.462 e. The van der Waals surface area contributed by atoms with Crippen molar-refractivity contribution >= 4 is 35.4 Å². The van der Waals surface area contributed by atoms with Gasteiger partial charge in [-0.05, 0) is 38.1 Å². The normalized spacial score (nSPS) is 10.6. The van der Waals surface area contributed by atoms with E-state index in [0.717, 1.165) is 0 Å². The van der Waals surface area contributed by atoms with E-state index in [9.17, 15) is 19.2 Å². The standard InChI is InChI=1S/C28H28N6O6/c1-3-39-27(37)21-17-29-33(19-11-7-5-8-12-19)25(21)31-23(35)15-16-24(36)32-26-22(28(38)40-4-2)18-30-34(26)20-13-9-6-10-14-20/h5-14,17-18H,3-4,15-16H2,1-2H3,(H,31,35)(H,32,36). The average Bonchev–Trinajstić information content (AvgIpc) is 3.57. The topological polar surface area (TPSA) is 146 Å². The molecule has 206 valence electrons. The lowest BCUT2D eigenvalue weighted by atomic mass is 10.2. The average molecular weight is 545 g/mol. The number of aromatic nitrogens is 4. The molecule has 40 heavy (non-hydrogen) atoms. The molecule has 12 heteroatoms. The highest BCUT2D eigenvalue weighted by atomic mass is 16.5. The molecule has 0 unspecified atom stereocenters. The summed E-state index contributed by atoms with van der Waals surface area (Å²) in [5.41, 5.74) is 1.39. The Morgan fingerprint density at radius 2 is 1.02 bits per heavy atom. The van der Waals surface area contributed by atoms with E-state index in [4.69, 9.17) is 9.47 Å². The van der Waals surface area contributed by atoms with Gasteiger partial charge < -0.3 is 20.1 Å². The van der Waals surface area contributed by atoms with Gasteiger partial charge in [-0.1, -0.05) is 36.4 Å². The van der Waals surface area contributed by atoms with Crippen LogP contribution < -0.4 is 10.6 Å². The highest BCUT2D eigenvalue weighted by molar-refractivity contribution is 6.03. The van der Waals surface area contributed by atoms with Crippen molar-refractivity contribution in [2.45, 2.75) is 26.7 Å². The molecule has 2 heterocycles. The summed E-state index contributed by atoms with van der Waals surface area (Å²) in [6, 6.07) is 17.9. The number of benzene rings is 2. The zero-order chi connectivity index (χ0) is 28.5. The van der Waals surface area contributed by atoms with Crippen molar-refractivity contribution in [3.8, 4) is 11.4 Å². The van der Waals surface area contributed by atoms with Crippen molar-refractivity contribution in [3.05, 3.63) is 84.2 Å². The van der Waals surface area contributed by atoms with Crippen LogP contribution in [-0.4, -0.2) is 56.5 Å². The molecule has 0 radical (unpaired) electrons. The molecule has 0 saturated heterocycles. The highest BCUT2D eigenvalue weighted by Crippen LogP contribution is 2.23. The SMILES string of the molecule is CCOC(=O)c1cnn(-c2ccccc2)c1NC(=O)CCC(=O)Nc1c(C(=O)OCC)cnn1-c1ccccc1. The van der Waals surface area contributed by atoms with E-state index in [0.29, 0.717) is 11.4 Å². The number of hydrogen-bond acceptors (Lipinski definition) is 8. The molecule has 0 atom stereocenters. The lowest BCUT2D eigenvalue weighted by Crippen LogP contribution is -2.22. The molecule has 4 aromatic rings. The maximum absolute atomic E-state index is 12.9.